The number of pyridine rings is 1. The van der Waals surface area contributed by atoms with Crippen molar-refractivity contribution in [2.24, 2.45) is 5.41 Å². The van der Waals surface area contributed by atoms with Gasteiger partial charge in [0, 0.05) is 34.8 Å². The molecular weight excluding hydrogens is 401 g/mol. The molecule has 1 aliphatic carbocycles. The maximum atomic E-state index is 13.5. The highest BCUT2D eigenvalue weighted by Crippen LogP contribution is 2.25. The number of rotatable bonds is 9. The van der Waals surface area contributed by atoms with Crippen LogP contribution in [0.4, 0.5) is 16.0 Å². The van der Waals surface area contributed by atoms with Crippen LogP contribution in [-0.4, -0.2) is 22.8 Å². The van der Waals surface area contributed by atoms with Crippen molar-refractivity contribution in [3.63, 3.8) is 0 Å². The van der Waals surface area contributed by atoms with Crippen LogP contribution in [0.1, 0.15) is 65.5 Å². The maximum absolute atomic E-state index is 13.5. The van der Waals surface area contributed by atoms with Crippen LogP contribution in [0.15, 0.2) is 54.2 Å². The molecule has 2 atom stereocenters. The van der Waals surface area contributed by atoms with Crippen molar-refractivity contribution in [3.8, 4) is 0 Å². The van der Waals surface area contributed by atoms with E-state index < -0.39 is 0 Å². The van der Waals surface area contributed by atoms with E-state index in [0.717, 1.165) is 34.8 Å². The summed E-state index contributed by atoms with van der Waals surface area (Å²) in [6.45, 7) is 18.7. The van der Waals surface area contributed by atoms with Gasteiger partial charge in [-0.15, -0.1) is 0 Å². The average Bonchev–Trinajstić information content (AvgIpc) is 2.86. The van der Waals surface area contributed by atoms with Gasteiger partial charge in [-0.1, -0.05) is 33.4 Å². The van der Waals surface area contributed by atoms with Crippen LogP contribution < -0.4 is 16.0 Å². The van der Waals surface area contributed by atoms with E-state index in [4.69, 9.17) is 10.4 Å². The highest BCUT2D eigenvalue weighted by Gasteiger charge is 2.19. The van der Waals surface area contributed by atoms with Gasteiger partial charge < -0.3 is 21.4 Å². The summed E-state index contributed by atoms with van der Waals surface area (Å²) in [5.41, 5.74) is 4.05. The molecule has 1 aromatic heterocycles. The highest BCUT2D eigenvalue weighted by atomic mass is 19.1. The molecule has 5 nitrogen and oxygen atoms in total. The summed E-state index contributed by atoms with van der Waals surface area (Å²) in [7, 11) is 0. The van der Waals surface area contributed by atoms with Crippen LogP contribution in [0.5, 0.6) is 0 Å². The first kappa shape index (κ1) is 25.4. The van der Waals surface area contributed by atoms with Gasteiger partial charge in [0.25, 0.3) is 0 Å². The molecule has 2 unspecified atom stereocenters. The number of aromatic nitrogens is 1. The van der Waals surface area contributed by atoms with Crippen molar-refractivity contribution in [3.05, 3.63) is 65.3 Å². The van der Waals surface area contributed by atoms with Crippen molar-refractivity contribution in [1.82, 2.24) is 10.3 Å². The molecule has 0 spiro atoms. The van der Waals surface area contributed by atoms with Crippen molar-refractivity contribution in [1.29, 1.82) is 5.41 Å². The summed E-state index contributed by atoms with van der Waals surface area (Å²) in [6.07, 6.45) is 7.93. The molecule has 32 heavy (non-hydrogen) atoms. The number of aryl methyl sites for hydroxylation is 1. The largest absolute Gasteiger partial charge is 0.384 e. The smallest absolute Gasteiger partial charge is 0.141 e. The van der Waals surface area contributed by atoms with Crippen LogP contribution in [0, 0.1) is 17.7 Å². The minimum Gasteiger partial charge on any atom is -0.384 e. The molecule has 0 radical (unpaired) electrons. The molecule has 0 aromatic carbocycles. The zero-order valence-corrected chi connectivity index (χ0v) is 20.5. The molecule has 0 saturated carbocycles. The summed E-state index contributed by atoms with van der Waals surface area (Å²) >= 11 is 0. The Balaban J connectivity index is 2.20. The number of nitrogens with zero attached hydrogens (tertiary/aromatic N) is 1. The van der Waals surface area contributed by atoms with Gasteiger partial charge in [-0.05, 0) is 75.8 Å². The first-order valence-electron chi connectivity index (χ1n) is 11.1. The van der Waals surface area contributed by atoms with Gasteiger partial charge in [-0.2, -0.15) is 0 Å². The van der Waals surface area contributed by atoms with E-state index in [9.17, 15) is 4.39 Å². The lowest BCUT2D eigenvalue weighted by molar-refractivity contribution is 0.388. The van der Waals surface area contributed by atoms with Crippen molar-refractivity contribution in [2.75, 3.05) is 10.6 Å². The normalized spacial score (nSPS) is 15.8. The fourth-order valence-corrected chi connectivity index (χ4v) is 3.45. The Kier molecular flexibility index (Phi) is 8.42. The quantitative estimate of drug-likeness (QED) is 0.326. The van der Waals surface area contributed by atoms with Gasteiger partial charge in [0.15, 0.2) is 0 Å². The number of anilines is 2. The Morgan fingerprint density at radius 3 is 2.50 bits per heavy atom. The minimum atomic E-state index is -0.260. The zero-order chi connectivity index (χ0) is 24.1. The van der Waals surface area contributed by atoms with Gasteiger partial charge in [-0.25, -0.2) is 9.37 Å². The summed E-state index contributed by atoms with van der Waals surface area (Å²) in [5.74, 6) is 1.07. The van der Waals surface area contributed by atoms with Crippen LogP contribution in [-0.2, 0) is 0 Å². The van der Waals surface area contributed by atoms with Gasteiger partial charge >= 0.3 is 0 Å². The number of halogens is 1. The maximum Gasteiger partial charge on any atom is 0.141 e. The van der Waals surface area contributed by atoms with Crippen LogP contribution in [0.3, 0.4) is 0 Å². The third kappa shape index (κ3) is 7.66. The third-order valence-corrected chi connectivity index (χ3v) is 5.24. The van der Waals surface area contributed by atoms with E-state index in [2.05, 4.69) is 57.1 Å². The van der Waals surface area contributed by atoms with Gasteiger partial charge in [0.1, 0.15) is 17.5 Å². The lowest BCUT2D eigenvalue weighted by Gasteiger charge is -2.28. The first-order chi connectivity index (χ1) is 14.9. The van der Waals surface area contributed by atoms with E-state index in [1.54, 1.807) is 13.0 Å². The summed E-state index contributed by atoms with van der Waals surface area (Å²) < 4.78 is 13.5. The van der Waals surface area contributed by atoms with E-state index >= 15 is 0 Å². The van der Waals surface area contributed by atoms with E-state index in [1.165, 1.54) is 12.2 Å². The molecule has 4 N–H and O–H groups in total. The number of allylic oxidation sites excluding steroid dienone is 6. The molecule has 0 amide bonds. The fourth-order valence-electron chi connectivity index (χ4n) is 3.45. The van der Waals surface area contributed by atoms with Crippen LogP contribution in [0.25, 0.3) is 0 Å². The summed E-state index contributed by atoms with van der Waals surface area (Å²) in [5, 5.41) is 18.4. The molecule has 0 aliphatic heterocycles. The average molecular weight is 440 g/mol. The second kappa shape index (κ2) is 10.6. The Hall–Kier alpha value is -2.89. The topological polar surface area (TPSA) is 72.8 Å². The summed E-state index contributed by atoms with van der Waals surface area (Å²) in [4.78, 5) is 4.80. The Morgan fingerprint density at radius 1 is 1.19 bits per heavy atom. The second-order valence-electron chi connectivity index (χ2n) is 9.82. The Morgan fingerprint density at radius 2 is 1.88 bits per heavy atom. The lowest BCUT2D eigenvalue weighted by atomic mass is 9.90. The monoisotopic (exact) mass is 439 g/mol. The van der Waals surface area contributed by atoms with Gasteiger partial charge in [-0.3, -0.25) is 0 Å². The molecule has 2 rings (SSSR count). The molecule has 6 heteroatoms. The van der Waals surface area contributed by atoms with E-state index in [-0.39, 0.29) is 23.3 Å². The minimum absolute atomic E-state index is 0.0907. The molecule has 1 aliphatic rings. The first-order valence-corrected chi connectivity index (χ1v) is 11.1. The number of nitrogens with one attached hydrogen (secondary N) is 4. The molecule has 1 heterocycles. The van der Waals surface area contributed by atoms with Crippen LogP contribution >= 0.6 is 0 Å². The number of hydrogen-bond donors (Lipinski definition) is 4. The molecule has 1 aromatic rings. The molecule has 0 fully saturated rings. The highest BCUT2D eigenvalue weighted by molar-refractivity contribution is 6.01. The predicted octanol–water partition coefficient (Wildman–Crippen LogP) is 6.62. The van der Waals surface area contributed by atoms with E-state index in [1.807, 2.05) is 19.1 Å². The van der Waals surface area contributed by atoms with Crippen LogP contribution in [0.2, 0.25) is 0 Å². The molecule has 174 valence electrons. The van der Waals surface area contributed by atoms with Gasteiger partial charge in [0.05, 0.1) is 0 Å². The Labute approximate surface area is 192 Å². The van der Waals surface area contributed by atoms with Crippen molar-refractivity contribution < 1.29 is 4.39 Å². The second-order valence-corrected chi connectivity index (χ2v) is 9.82. The predicted molar refractivity (Wildman–Crippen MR) is 135 cm³/mol. The summed E-state index contributed by atoms with van der Waals surface area (Å²) in [6, 6.07) is 2.20. The lowest BCUT2D eigenvalue weighted by Crippen LogP contribution is -2.40. The molecule has 0 bridgehead atoms. The zero-order valence-electron chi connectivity index (χ0n) is 20.5. The standard InChI is InChI=1S/C26H38FN5/c1-16-14-23(18(3)28)25(31-22-11-9-10-21(27)12-13-22)32-24(16)30-20(5)19(4)29-17(2)15-26(6,7)8/h10-14,19-20,28-29H,2,9,15H2,1,3-8H3,(H2,30,31,32). The van der Waals surface area contributed by atoms with Crippen molar-refractivity contribution in [2.45, 2.75) is 73.4 Å². The van der Waals surface area contributed by atoms with Gasteiger partial charge in [0.2, 0.25) is 0 Å². The Bertz CT molecular complexity index is 950. The van der Waals surface area contributed by atoms with Crippen molar-refractivity contribution >= 4 is 17.3 Å². The third-order valence-electron chi connectivity index (χ3n) is 5.24. The molecule has 0 saturated heterocycles. The number of hydrogen-bond acceptors (Lipinski definition) is 5. The van der Waals surface area contributed by atoms with E-state index in [0.29, 0.717) is 18.0 Å². The molecular formula is C26H38FN5. The SMILES string of the molecule is C=C(CC(C)(C)C)NC(C)C(C)Nc1nc(NC2=CCC=C(F)C=C2)c(C(C)=N)cc1C. The fraction of sp³-hybridized carbons (Fsp3) is 0.462.